The van der Waals surface area contributed by atoms with Crippen LogP contribution in [0.15, 0.2) is 35.0 Å². The summed E-state index contributed by atoms with van der Waals surface area (Å²) in [6.45, 7) is 8.79. The van der Waals surface area contributed by atoms with Crippen molar-refractivity contribution in [2.45, 2.75) is 46.3 Å². The van der Waals surface area contributed by atoms with Gasteiger partial charge in [0, 0.05) is 24.0 Å². The number of amides is 1. The molecule has 0 aliphatic carbocycles. The van der Waals surface area contributed by atoms with E-state index in [1.807, 2.05) is 45.9 Å². The van der Waals surface area contributed by atoms with E-state index in [0.717, 1.165) is 16.5 Å². The van der Waals surface area contributed by atoms with Gasteiger partial charge in [-0.1, -0.05) is 30.6 Å². The predicted octanol–water partition coefficient (Wildman–Crippen LogP) is 4.35. The maximum atomic E-state index is 13.1. The first-order valence-corrected chi connectivity index (χ1v) is 9.71. The molecule has 0 spiro atoms. The van der Waals surface area contributed by atoms with Gasteiger partial charge in [-0.2, -0.15) is 18.2 Å². The van der Waals surface area contributed by atoms with E-state index in [-0.39, 0.29) is 11.8 Å². The minimum Gasteiger partial charge on any atom is -0.475 e. The lowest BCUT2D eigenvalue weighted by atomic mass is 10.1. The highest BCUT2D eigenvalue weighted by Crippen LogP contribution is 2.21. The van der Waals surface area contributed by atoms with E-state index in [2.05, 4.69) is 15.1 Å². The van der Waals surface area contributed by atoms with E-state index in [4.69, 9.17) is 14.4 Å². The first-order chi connectivity index (χ1) is 14.9. The van der Waals surface area contributed by atoms with E-state index < -0.39 is 12.1 Å². The van der Waals surface area contributed by atoms with Gasteiger partial charge in [0.2, 0.25) is 5.89 Å². The summed E-state index contributed by atoms with van der Waals surface area (Å²) < 4.78 is 37.0. The number of alkyl halides is 3. The van der Waals surface area contributed by atoms with Crippen molar-refractivity contribution >= 4 is 22.8 Å². The number of benzene rings is 1. The monoisotopic (exact) mass is 452 g/mol. The molecule has 32 heavy (non-hydrogen) atoms. The number of rotatable bonds is 5. The first-order valence-electron chi connectivity index (χ1n) is 9.71. The van der Waals surface area contributed by atoms with Crippen molar-refractivity contribution in [2.75, 3.05) is 6.54 Å². The maximum absolute atomic E-state index is 13.1. The Bertz CT molecular complexity index is 1100. The van der Waals surface area contributed by atoms with Gasteiger partial charge >= 0.3 is 12.1 Å². The number of fused-ring (bicyclic) bond motifs is 1. The molecule has 0 saturated carbocycles. The molecule has 0 unspecified atom stereocenters. The van der Waals surface area contributed by atoms with E-state index in [9.17, 15) is 18.0 Å². The number of aromatic nitrogens is 3. The van der Waals surface area contributed by atoms with Crippen LogP contribution in [-0.4, -0.2) is 49.7 Å². The number of hydrogen-bond donors (Lipinski definition) is 1. The zero-order valence-corrected chi connectivity index (χ0v) is 18.0. The summed E-state index contributed by atoms with van der Waals surface area (Å²) in [7, 11) is 0. The zero-order chi connectivity index (χ0) is 24.1. The summed E-state index contributed by atoms with van der Waals surface area (Å²) in [6, 6.07) is 7.69. The summed E-state index contributed by atoms with van der Waals surface area (Å²) in [5.41, 5.74) is 2.54. The quantitative estimate of drug-likeness (QED) is 0.613. The highest BCUT2D eigenvalue weighted by Gasteiger charge is 2.38. The van der Waals surface area contributed by atoms with Gasteiger partial charge in [0.05, 0.1) is 11.1 Å². The lowest BCUT2D eigenvalue weighted by Crippen LogP contribution is -2.30. The Morgan fingerprint density at radius 1 is 1.22 bits per heavy atom. The van der Waals surface area contributed by atoms with Crippen molar-refractivity contribution in [3.05, 3.63) is 53.3 Å². The van der Waals surface area contributed by atoms with Crippen molar-refractivity contribution in [3.63, 3.8) is 0 Å². The molecule has 1 amide bonds. The van der Waals surface area contributed by atoms with Gasteiger partial charge in [-0.15, -0.1) is 0 Å². The van der Waals surface area contributed by atoms with Crippen molar-refractivity contribution in [1.82, 2.24) is 20.0 Å². The number of aliphatic carboxylic acids is 1. The van der Waals surface area contributed by atoms with E-state index in [0.29, 0.717) is 30.4 Å². The lowest BCUT2D eigenvalue weighted by molar-refractivity contribution is -0.192. The van der Waals surface area contributed by atoms with Gasteiger partial charge in [-0.05, 0) is 32.0 Å². The molecule has 11 heteroatoms. The van der Waals surface area contributed by atoms with Crippen molar-refractivity contribution in [3.8, 4) is 0 Å². The Labute approximate surface area is 182 Å². The van der Waals surface area contributed by atoms with Gasteiger partial charge in [0.15, 0.2) is 5.82 Å². The minimum absolute atomic E-state index is 0.0650. The number of hydrogen-bond acceptors (Lipinski definition) is 6. The predicted molar refractivity (Wildman–Crippen MR) is 109 cm³/mol. The van der Waals surface area contributed by atoms with Crippen LogP contribution in [0.5, 0.6) is 0 Å². The summed E-state index contributed by atoms with van der Waals surface area (Å²) in [4.78, 5) is 32.4. The summed E-state index contributed by atoms with van der Waals surface area (Å²) in [6.07, 6.45) is -3.41. The van der Waals surface area contributed by atoms with Crippen molar-refractivity contribution < 1.29 is 32.4 Å². The fourth-order valence-corrected chi connectivity index (χ4v) is 2.67. The van der Waals surface area contributed by atoms with E-state index in [1.165, 1.54) is 0 Å². The summed E-state index contributed by atoms with van der Waals surface area (Å²) in [5, 5.41) is 11.9. The average molecular weight is 452 g/mol. The highest BCUT2D eigenvalue weighted by atomic mass is 19.4. The molecule has 1 aromatic carbocycles. The molecule has 1 N–H and O–H groups in total. The van der Waals surface area contributed by atoms with Crippen LogP contribution < -0.4 is 0 Å². The molecule has 0 radical (unpaired) electrons. The van der Waals surface area contributed by atoms with Crippen LogP contribution in [0.2, 0.25) is 0 Å². The number of nitrogens with zero attached hydrogens (tertiary/aromatic N) is 4. The van der Waals surface area contributed by atoms with Crippen molar-refractivity contribution in [2.24, 2.45) is 0 Å². The molecule has 0 aliphatic heterocycles. The number of pyridine rings is 1. The van der Waals surface area contributed by atoms with Gasteiger partial charge in [0.1, 0.15) is 6.54 Å². The minimum atomic E-state index is -5.08. The molecular weight excluding hydrogens is 429 g/mol. The molecule has 3 rings (SSSR count). The third-order valence-corrected chi connectivity index (χ3v) is 4.37. The second kappa shape index (κ2) is 10.2. The molecule has 2 heterocycles. The molecule has 172 valence electrons. The molecule has 8 nitrogen and oxygen atoms in total. The molecule has 3 aromatic rings. The Morgan fingerprint density at radius 3 is 2.41 bits per heavy atom. The average Bonchev–Trinajstić information content (AvgIpc) is 3.20. The summed E-state index contributed by atoms with van der Waals surface area (Å²) in [5.74, 6) is -1.52. The SMILES string of the molecule is CCN(Cc1nc(C(C)C)no1)C(=O)c1ccnc2ccc(C)cc12.O=C(O)C(F)(F)F. The first kappa shape index (κ1) is 24.8. The smallest absolute Gasteiger partial charge is 0.475 e. The second-order valence-electron chi connectivity index (χ2n) is 7.20. The van der Waals surface area contributed by atoms with Gasteiger partial charge < -0.3 is 14.5 Å². The third kappa shape index (κ3) is 6.25. The topological polar surface area (TPSA) is 109 Å². The zero-order valence-electron chi connectivity index (χ0n) is 18.0. The van der Waals surface area contributed by atoms with Gasteiger partial charge in [-0.25, -0.2) is 4.79 Å². The van der Waals surface area contributed by atoms with Crippen LogP contribution in [0.4, 0.5) is 13.2 Å². The molecule has 0 atom stereocenters. The maximum Gasteiger partial charge on any atom is 0.490 e. The number of carbonyl (C=O) groups excluding carboxylic acids is 1. The Morgan fingerprint density at radius 2 is 1.88 bits per heavy atom. The molecule has 0 aliphatic rings. The fraction of sp³-hybridized carbons (Fsp3) is 0.381. The molecule has 0 fully saturated rings. The van der Waals surface area contributed by atoms with Crippen LogP contribution in [0.1, 0.15) is 54.3 Å². The standard InChI is InChI=1S/C19H22N4O2.C2HF3O2/c1-5-23(11-17-21-18(12(2)3)22-25-17)19(24)14-8-9-20-16-7-6-13(4)10-15(14)16;3-2(4,5)1(6)7/h6-10,12H,5,11H2,1-4H3;(H,6,7). The highest BCUT2D eigenvalue weighted by molar-refractivity contribution is 6.06. The Hall–Kier alpha value is -3.50. The second-order valence-corrected chi connectivity index (χ2v) is 7.20. The number of carboxylic acids is 1. The van der Waals surface area contributed by atoms with Crippen LogP contribution in [0.3, 0.4) is 0 Å². The molecule has 0 bridgehead atoms. The normalized spacial score (nSPS) is 11.2. The van der Waals surface area contributed by atoms with Crippen molar-refractivity contribution in [1.29, 1.82) is 0 Å². The fourth-order valence-electron chi connectivity index (χ4n) is 2.67. The third-order valence-electron chi connectivity index (χ3n) is 4.37. The molecule has 2 aromatic heterocycles. The number of carboxylic acid groups (broad SMARTS) is 1. The largest absolute Gasteiger partial charge is 0.490 e. The molecule has 0 saturated heterocycles. The van der Waals surface area contributed by atoms with Crippen LogP contribution in [0.25, 0.3) is 10.9 Å². The van der Waals surface area contributed by atoms with Gasteiger partial charge in [0.25, 0.3) is 5.91 Å². The van der Waals surface area contributed by atoms with Crippen LogP contribution in [-0.2, 0) is 11.3 Å². The van der Waals surface area contributed by atoms with Gasteiger partial charge in [-0.3, -0.25) is 9.78 Å². The molecular formula is C21H23F3N4O4. The summed E-state index contributed by atoms with van der Waals surface area (Å²) >= 11 is 0. The van der Waals surface area contributed by atoms with E-state index in [1.54, 1.807) is 17.2 Å². The van der Waals surface area contributed by atoms with E-state index >= 15 is 0 Å². The van der Waals surface area contributed by atoms with Crippen LogP contribution in [0, 0.1) is 6.92 Å². The Kier molecular flexibility index (Phi) is 7.90. The number of halogens is 3. The lowest BCUT2D eigenvalue weighted by Gasteiger charge is -2.19. The van der Waals surface area contributed by atoms with Crippen LogP contribution >= 0.6 is 0 Å². The Balaban J connectivity index is 0.000000451. The number of carbonyl (C=O) groups is 2. The number of aryl methyl sites for hydroxylation is 1.